The number of alkyl halides is 1. The van der Waals surface area contributed by atoms with Crippen LogP contribution in [-0.4, -0.2) is 10.9 Å². The van der Waals surface area contributed by atoms with Gasteiger partial charge < -0.3 is 0 Å². The Kier molecular flexibility index (Phi) is 3.88. The lowest BCUT2D eigenvalue weighted by molar-refractivity contribution is 0.776. The summed E-state index contributed by atoms with van der Waals surface area (Å²) in [5, 5.41) is 2.66. The van der Waals surface area contributed by atoms with E-state index in [0.717, 1.165) is 16.9 Å². The van der Waals surface area contributed by atoms with Crippen LogP contribution in [0.1, 0.15) is 26.2 Å². The van der Waals surface area contributed by atoms with Crippen molar-refractivity contribution < 1.29 is 0 Å². The molecule has 102 valence electrons. The minimum atomic E-state index is 0.827. The van der Waals surface area contributed by atoms with E-state index in [-0.39, 0.29) is 0 Å². The first-order chi connectivity index (χ1) is 9.86. The zero-order valence-electron chi connectivity index (χ0n) is 11.7. The van der Waals surface area contributed by atoms with Gasteiger partial charge in [-0.3, -0.25) is 0 Å². The third-order valence-electron chi connectivity index (χ3n) is 3.65. The molecule has 0 spiro atoms. The quantitative estimate of drug-likeness (QED) is 0.264. The van der Waals surface area contributed by atoms with Crippen LogP contribution in [0.25, 0.3) is 32.9 Å². The van der Waals surface area contributed by atoms with Gasteiger partial charge in [-0.25, -0.2) is 4.98 Å². The van der Waals surface area contributed by atoms with E-state index in [1.54, 1.807) is 0 Å². The molecule has 1 aromatic heterocycles. The van der Waals surface area contributed by atoms with Crippen LogP contribution < -0.4 is 0 Å². The number of fused-ring (bicyclic) bond motifs is 3. The summed E-state index contributed by atoms with van der Waals surface area (Å²) < 4.78 is 0. The van der Waals surface area contributed by atoms with Gasteiger partial charge in [0.05, 0.1) is 11.0 Å². The third kappa shape index (κ3) is 2.38. The van der Waals surface area contributed by atoms with E-state index in [4.69, 9.17) is 11.6 Å². The average molecular weight is 284 g/mol. The molecular formula is C18H18ClN. The van der Waals surface area contributed by atoms with Crippen LogP contribution in [0.2, 0.25) is 0 Å². The summed E-state index contributed by atoms with van der Waals surface area (Å²) in [6.45, 7) is 2.17. The van der Waals surface area contributed by atoms with Crippen molar-refractivity contribution in [2.45, 2.75) is 26.2 Å². The number of hydrogen-bond acceptors (Lipinski definition) is 1. The van der Waals surface area contributed by atoms with Crippen molar-refractivity contribution in [3.8, 4) is 11.1 Å². The monoisotopic (exact) mass is 283 g/mol. The van der Waals surface area contributed by atoms with E-state index in [0.29, 0.717) is 0 Å². The highest BCUT2D eigenvalue weighted by Gasteiger charge is 2.24. The van der Waals surface area contributed by atoms with Crippen LogP contribution in [0.5, 0.6) is 0 Å². The van der Waals surface area contributed by atoms with Crippen LogP contribution in [-0.2, 0) is 0 Å². The molecule has 4 rings (SSSR count). The molecule has 0 atom stereocenters. The van der Waals surface area contributed by atoms with Gasteiger partial charge in [-0.05, 0) is 24.1 Å². The standard InChI is InChI=1S/C13H7N.C5H11Cl/c1-2-6-10-8(4-1)12-9-5-3-7-11(14-10)13(9)12;1-2-3-4-5-6/h1-7H;2-5H2,1H3. The summed E-state index contributed by atoms with van der Waals surface area (Å²) in [7, 11) is 0. The summed E-state index contributed by atoms with van der Waals surface area (Å²) in [4.78, 5) is 4.62. The van der Waals surface area contributed by atoms with E-state index in [1.807, 2.05) is 6.07 Å². The number of halogens is 1. The number of benzene rings is 2. The van der Waals surface area contributed by atoms with Gasteiger partial charge in [0.2, 0.25) is 0 Å². The molecule has 0 saturated carbocycles. The second kappa shape index (κ2) is 5.80. The second-order valence-electron chi connectivity index (χ2n) is 5.10. The van der Waals surface area contributed by atoms with Crippen molar-refractivity contribution in [2.75, 3.05) is 5.88 Å². The molecule has 2 heteroatoms. The molecule has 1 nitrogen and oxygen atoms in total. The topological polar surface area (TPSA) is 12.9 Å². The zero-order chi connectivity index (χ0) is 13.9. The number of pyridine rings is 1. The molecule has 2 aromatic carbocycles. The molecule has 1 heterocycles. The van der Waals surface area contributed by atoms with Crippen LogP contribution in [0, 0.1) is 0 Å². The summed E-state index contributed by atoms with van der Waals surface area (Å²) in [5.41, 5.74) is 5.04. The van der Waals surface area contributed by atoms with E-state index < -0.39 is 0 Å². The van der Waals surface area contributed by atoms with Gasteiger partial charge in [-0.1, -0.05) is 50.1 Å². The Balaban J connectivity index is 0.000000175. The van der Waals surface area contributed by atoms with E-state index >= 15 is 0 Å². The Bertz CT molecular complexity index is 745. The summed E-state index contributed by atoms with van der Waals surface area (Å²) in [5.74, 6) is 0.827. The normalized spacial score (nSPS) is 11.3. The molecule has 0 radical (unpaired) electrons. The van der Waals surface area contributed by atoms with Crippen LogP contribution in [0.3, 0.4) is 0 Å². The Morgan fingerprint density at radius 1 is 0.950 bits per heavy atom. The molecule has 0 fully saturated rings. The number of hydrogen-bond donors (Lipinski definition) is 0. The minimum absolute atomic E-state index is 0.827. The molecule has 20 heavy (non-hydrogen) atoms. The second-order valence-corrected chi connectivity index (χ2v) is 5.48. The van der Waals surface area contributed by atoms with Gasteiger partial charge in [-0.15, -0.1) is 11.6 Å². The lowest BCUT2D eigenvalue weighted by Gasteiger charge is -1.93. The molecule has 1 aliphatic rings. The smallest absolute Gasteiger partial charge is 0.0722 e. The van der Waals surface area contributed by atoms with E-state index in [9.17, 15) is 0 Å². The highest BCUT2D eigenvalue weighted by molar-refractivity contribution is 6.27. The van der Waals surface area contributed by atoms with Gasteiger partial charge in [0.25, 0.3) is 0 Å². The fourth-order valence-corrected chi connectivity index (χ4v) is 2.77. The number of para-hydroxylation sites is 1. The van der Waals surface area contributed by atoms with Crippen molar-refractivity contribution in [3.05, 3.63) is 42.5 Å². The molecule has 0 unspecified atom stereocenters. The summed E-state index contributed by atoms with van der Waals surface area (Å²) >= 11 is 5.38. The fourth-order valence-electron chi connectivity index (χ4n) is 2.58. The molecule has 0 N–H and O–H groups in total. The van der Waals surface area contributed by atoms with E-state index in [2.05, 4.69) is 48.3 Å². The van der Waals surface area contributed by atoms with Crippen molar-refractivity contribution in [1.82, 2.24) is 4.98 Å². The molecule has 0 aliphatic heterocycles. The molecule has 1 aliphatic carbocycles. The highest BCUT2D eigenvalue weighted by atomic mass is 35.5. The first-order valence-electron chi connectivity index (χ1n) is 7.24. The van der Waals surface area contributed by atoms with Gasteiger partial charge >= 0.3 is 0 Å². The molecule has 3 aromatic rings. The van der Waals surface area contributed by atoms with Crippen molar-refractivity contribution in [3.63, 3.8) is 0 Å². The Morgan fingerprint density at radius 2 is 1.75 bits per heavy atom. The maximum atomic E-state index is 5.38. The van der Waals surface area contributed by atoms with Gasteiger partial charge in [0.15, 0.2) is 0 Å². The molecular weight excluding hydrogens is 266 g/mol. The average Bonchev–Trinajstić information content (AvgIpc) is 3.23. The van der Waals surface area contributed by atoms with Crippen LogP contribution in [0.15, 0.2) is 42.5 Å². The lowest BCUT2D eigenvalue weighted by atomic mass is 10.2. The predicted molar refractivity (Wildman–Crippen MR) is 88.5 cm³/mol. The molecule has 0 amide bonds. The van der Waals surface area contributed by atoms with Crippen LogP contribution in [0.4, 0.5) is 0 Å². The first-order valence-corrected chi connectivity index (χ1v) is 7.78. The predicted octanol–water partition coefficient (Wildman–Crippen LogP) is 5.78. The molecule has 0 saturated heterocycles. The van der Waals surface area contributed by atoms with E-state index in [1.165, 1.54) is 41.2 Å². The van der Waals surface area contributed by atoms with Gasteiger partial charge in [-0.2, -0.15) is 0 Å². The highest BCUT2D eigenvalue weighted by Crippen LogP contribution is 2.49. The minimum Gasteiger partial charge on any atom is -0.248 e. The van der Waals surface area contributed by atoms with Crippen molar-refractivity contribution in [1.29, 1.82) is 0 Å². The number of aromatic nitrogens is 1. The lowest BCUT2D eigenvalue weighted by Crippen LogP contribution is -1.75. The van der Waals surface area contributed by atoms with Crippen molar-refractivity contribution in [2.24, 2.45) is 0 Å². The van der Waals surface area contributed by atoms with Crippen LogP contribution >= 0.6 is 11.6 Å². The Labute approximate surface area is 124 Å². The largest absolute Gasteiger partial charge is 0.248 e. The number of rotatable bonds is 3. The summed E-state index contributed by atoms with van der Waals surface area (Å²) in [6.07, 6.45) is 3.73. The fraction of sp³-hybridized carbons (Fsp3) is 0.278. The SMILES string of the molecule is CCCCCCl.c1ccc2c3c4c-3cccc4nc2c1. The van der Waals surface area contributed by atoms with Gasteiger partial charge in [0.1, 0.15) is 0 Å². The zero-order valence-corrected chi connectivity index (χ0v) is 12.5. The van der Waals surface area contributed by atoms with Crippen molar-refractivity contribution >= 4 is 33.4 Å². The number of unbranched alkanes of at least 4 members (excludes halogenated alkanes) is 2. The summed E-state index contributed by atoms with van der Waals surface area (Å²) in [6, 6.07) is 14.7. The number of nitrogens with zero attached hydrogens (tertiary/aromatic N) is 1. The van der Waals surface area contributed by atoms with Gasteiger partial charge in [0, 0.05) is 22.2 Å². The maximum absolute atomic E-state index is 5.38. The first kappa shape index (κ1) is 13.4. The Hall–Kier alpha value is -1.60. The maximum Gasteiger partial charge on any atom is 0.0722 e. The Morgan fingerprint density at radius 3 is 2.50 bits per heavy atom. The molecule has 0 bridgehead atoms. The third-order valence-corrected chi connectivity index (χ3v) is 3.92.